The lowest BCUT2D eigenvalue weighted by Gasteiger charge is -2.20. The molecule has 1 fully saturated rings. The van der Waals surface area contributed by atoms with Crippen molar-refractivity contribution in [2.45, 2.75) is 62.4 Å². The van der Waals surface area contributed by atoms with Crippen molar-refractivity contribution in [1.29, 1.82) is 0 Å². The highest BCUT2D eigenvalue weighted by Crippen LogP contribution is 2.19. The van der Waals surface area contributed by atoms with Crippen molar-refractivity contribution < 1.29 is 13.5 Å². The van der Waals surface area contributed by atoms with Gasteiger partial charge in [0.15, 0.2) is 0 Å². The highest BCUT2D eigenvalue weighted by atomic mass is 32.2. The number of nitrogens with one attached hydrogen (secondary N) is 1. The van der Waals surface area contributed by atoms with E-state index in [1.165, 1.54) is 36.3 Å². The Morgan fingerprint density at radius 2 is 1.90 bits per heavy atom. The number of hydrogen-bond donors (Lipinski definition) is 2. The molecule has 0 atom stereocenters. The molecule has 0 saturated heterocycles. The maximum Gasteiger partial charge on any atom is 0.243 e. The molecule has 7 heteroatoms. The monoisotopic (exact) mass is 301 g/mol. The quantitative estimate of drug-likeness (QED) is 0.857. The van der Waals surface area contributed by atoms with Gasteiger partial charge in [0.05, 0.1) is 19.3 Å². The van der Waals surface area contributed by atoms with Gasteiger partial charge in [0.1, 0.15) is 4.90 Å². The Labute approximate surface area is 120 Å². The summed E-state index contributed by atoms with van der Waals surface area (Å²) in [6.07, 6.45) is 10.4. The van der Waals surface area contributed by atoms with Gasteiger partial charge < -0.3 is 5.11 Å². The van der Waals surface area contributed by atoms with E-state index in [9.17, 15) is 8.42 Å². The lowest BCUT2D eigenvalue weighted by Crippen LogP contribution is -2.35. The van der Waals surface area contributed by atoms with Crippen LogP contribution in [-0.4, -0.2) is 36.0 Å². The van der Waals surface area contributed by atoms with E-state index in [0.717, 1.165) is 25.7 Å². The van der Waals surface area contributed by atoms with Crippen LogP contribution in [-0.2, 0) is 16.6 Å². The van der Waals surface area contributed by atoms with Gasteiger partial charge in [-0.2, -0.15) is 5.10 Å². The van der Waals surface area contributed by atoms with Gasteiger partial charge in [0, 0.05) is 12.2 Å². The molecular weight excluding hydrogens is 278 g/mol. The standard InChI is InChI=1S/C13H23N3O3S/c17-9-8-16-11-13(10-14-16)20(18,19)15-12-6-4-2-1-3-5-7-12/h10-12,15,17H,1-9H2. The fourth-order valence-corrected chi connectivity index (χ4v) is 3.83. The Kier molecular flexibility index (Phi) is 5.56. The van der Waals surface area contributed by atoms with Crippen LogP contribution in [0.3, 0.4) is 0 Å². The fourth-order valence-electron chi connectivity index (χ4n) is 2.57. The molecule has 20 heavy (non-hydrogen) atoms. The molecule has 0 bridgehead atoms. The molecule has 1 aliphatic rings. The van der Waals surface area contributed by atoms with E-state index >= 15 is 0 Å². The van der Waals surface area contributed by atoms with E-state index in [2.05, 4.69) is 9.82 Å². The van der Waals surface area contributed by atoms with Gasteiger partial charge in [-0.1, -0.05) is 32.1 Å². The van der Waals surface area contributed by atoms with Crippen LogP contribution in [0.15, 0.2) is 17.3 Å². The van der Waals surface area contributed by atoms with Gasteiger partial charge in [0.25, 0.3) is 0 Å². The lowest BCUT2D eigenvalue weighted by molar-refractivity contribution is 0.269. The maximum atomic E-state index is 12.3. The van der Waals surface area contributed by atoms with Gasteiger partial charge in [0.2, 0.25) is 10.0 Å². The molecular formula is C13H23N3O3S. The van der Waals surface area contributed by atoms with Crippen molar-refractivity contribution in [2.24, 2.45) is 0 Å². The van der Waals surface area contributed by atoms with Gasteiger partial charge >= 0.3 is 0 Å². The first-order valence-corrected chi connectivity index (χ1v) is 8.76. The lowest BCUT2D eigenvalue weighted by atomic mass is 9.97. The zero-order valence-electron chi connectivity index (χ0n) is 11.7. The van der Waals surface area contributed by atoms with Crippen molar-refractivity contribution in [3.63, 3.8) is 0 Å². The van der Waals surface area contributed by atoms with E-state index in [1.807, 2.05) is 0 Å². The summed E-state index contributed by atoms with van der Waals surface area (Å²) in [6, 6.07) is 0.0292. The predicted octanol–water partition coefficient (Wildman–Crippen LogP) is 1.27. The summed E-state index contributed by atoms with van der Waals surface area (Å²) in [5, 5.41) is 12.8. The predicted molar refractivity (Wildman–Crippen MR) is 75.7 cm³/mol. The van der Waals surface area contributed by atoms with Gasteiger partial charge in [-0.25, -0.2) is 13.1 Å². The van der Waals surface area contributed by atoms with E-state index in [1.54, 1.807) is 0 Å². The average molecular weight is 301 g/mol. The highest BCUT2D eigenvalue weighted by molar-refractivity contribution is 7.89. The largest absolute Gasteiger partial charge is 0.394 e. The Balaban J connectivity index is 2.01. The third-order valence-electron chi connectivity index (χ3n) is 3.68. The summed E-state index contributed by atoms with van der Waals surface area (Å²) in [5.74, 6) is 0. The fraction of sp³-hybridized carbons (Fsp3) is 0.769. The van der Waals surface area contributed by atoms with Crippen molar-refractivity contribution in [1.82, 2.24) is 14.5 Å². The van der Waals surface area contributed by atoms with Crippen molar-refractivity contribution >= 4 is 10.0 Å². The molecule has 1 saturated carbocycles. The highest BCUT2D eigenvalue weighted by Gasteiger charge is 2.22. The van der Waals surface area contributed by atoms with E-state index in [4.69, 9.17) is 5.11 Å². The van der Waals surface area contributed by atoms with Crippen LogP contribution in [0.1, 0.15) is 44.9 Å². The van der Waals surface area contributed by atoms with Crippen LogP contribution < -0.4 is 4.72 Å². The third kappa shape index (κ3) is 4.29. The normalized spacial score (nSPS) is 18.6. The third-order valence-corrected chi connectivity index (χ3v) is 5.15. The Hall–Kier alpha value is -0.920. The number of hydrogen-bond acceptors (Lipinski definition) is 4. The van der Waals surface area contributed by atoms with Crippen molar-refractivity contribution in [3.05, 3.63) is 12.4 Å². The number of rotatable bonds is 5. The van der Waals surface area contributed by atoms with E-state index < -0.39 is 10.0 Å². The molecule has 1 aromatic rings. The summed E-state index contributed by atoms with van der Waals surface area (Å²) >= 11 is 0. The molecule has 0 radical (unpaired) electrons. The van der Waals surface area contributed by atoms with Crippen LogP contribution in [0.25, 0.3) is 0 Å². The van der Waals surface area contributed by atoms with E-state index in [0.29, 0.717) is 6.54 Å². The minimum absolute atomic E-state index is 0.0292. The average Bonchev–Trinajstić information content (AvgIpc) is 2.82. The number of aromatic nitrogens is 2. The summed E-state index contributed by atoms with van der Waals surface area (Å²) < 4.78 is 28.8. The second kappa shape index (κ2) is 7.19. The number of aliphatic hydroxyl groups is 1. The SMILES string of the molecule is O=S(=O)(NC1CCCCCCC1)c1cnn(CCO)c1. The van der Waals surface area contributed by atoms with Crippen LogP contribution in [0.2, 0.25) is 0 Å². The minimum atomic E-state index is -3.50. The first-order valence-electron chi connectivity index (χ1n) is 7.27. The molecule has 0 aliphatic heterocycles. The van der Waals surface area contributed by atoms with Crippen molar-refractivity contribution in [2.75, 3.05) is 6.61 Å². The Morgan fingerprint density at radius 3 is 2.55 bits per heavy atom. The molecule has 6 nitrogen and oxygen atoms in total. The molecule has 1 aliphatic carbocycles. The summed E-state index contributed by atoms with van der Waals surface area (Å²) in [6.45, 7) is 0.246. The molecule has 1 aromatic heterocycles. The number of nitrogens with zero attached hydrogens (tertiary/aromatic N) is 2. The smallest absolute Gasteiger partial charge is 0.243 e. The first kappa shape index (κ1) is 15.5. The summed E-state index contributed by atoms with van der Waals surface area (Å²) in [4.78, 5) is 0.174. The zero-order chi connectivity index (χ0) is 14.4. The minimum Gasteiger partial charge on any atom is -0.394 e. The molecule has 0 amide bonds. The van der Waals surface area contributed by atoms with Crippen LogP contribution in [0.4, 0.5) is 0 Å². The molecule has 2 rings (SSSR count). The van der Waals surface area contributed by atoms with Crippen LogP contribution in [0.5, 0.6) is 0 Å². The Morgan fingerprint density at radius 1 is 1.25 bits per heavy atom. The van der Waals surface area contributed by atoms with Gasteiger partial charge in [-0.3, -0.25) is 4.68 Å². The maximum absolute atomic E-state index is 12.3. The molecule has 1 heterocycles. The van der Waals surface area contributed by atoms with Gasteiger partial charge in [-0.05, 0) is 12.8 Å². The Bertz CT molecular complexity index is 505. The zero-order valence-corrected chi connectivity index (χ0v) is 12.5. The first-order chi connectivity index (χ1) is 9.62. The molecule has 114 valence electrons. The molecule has 0 spiro atoms. The molecule has 2 N–H and O–H groups in total. The second-order valence-corrected chi connectivity index (χ2v) is 7.04. The summed E-state index contributed by atoms with van der Waals surface area (Å²) in [7, 11) is -3.50. The number of sulfonamides is 1. The topological polar surface area (TPSA) is 84.2 Å². The molecule has 0 unspecified atom stereocenters. The molecule has 0 aromatic carbocycles. The van der Waals surface area contributed by atoms with Crippen molar-refractivity contribution in [3.8, 4) is 0 Å². The van der Waals surface area contributed by atoms with E-state index in [-0.39, 0.29) is 17.5 Å². The number of aliphatic hydroxyl groups excluding tert-OH is 1. The van der Waals surface area contributed by atoms with Crippen LogP contribution >= 0.6 is 0 Å². The van der Waals surface area contributed by atoms with Crippen LogP contribution in [0, 0.1) is 0 Å². The van der Waals surface area contributed by atoms with Gasteiger partial charge in [-0.15, -0.1) is 0 Å². The summed E-state index contributed by atoms with van der Waals surface area (Å²) in [5.41, 5.74) is 0. The second-order valence-electron chi connectivity index (χ2n) is 5.33.